The smallest absolute Gasteiger partial charge is 0.197 e. The first-order chi connectivity index (χ1) is 8.52. The zero-order valence-electron chi connectivity index (χ0n) is 8.88. The van der Waals surface area contributed by atoms with Crippen molar-refractivity contribution in [1.82, 2.24) is 0 Å². The van der Waals surface area contributed by atoms with E-state index in [0.717, 1.165) is 6.07 Å². The number of benzene rings is 2. The van der Waals surface area contributed by atoms with Crippen molar-refractivity contribution in [2.75, 3.05) is 0 Å². The van der Waals surface area contributed by atoms with Gasteiger partial charge in [0, 0.05) is 10.0 Å². The Labute approximate surface area is 116 Å². The van der Waals surface area contributed by atoms with Gasteiger partial charge in [-0.3, -0.25) is 4.79 Å². The average molecular weight is 332 g/mol. The molecule has 2 rings (SSSR count). The summed E-state index contributed by atoms with van der Waals surface area (Å²) in [5, 5.41) is 0.172. The van der Waals surface area contributed by atoms with Gasteiger partial charge >= 0.3 is 0 Å². The second-order valence-electron chi connectivity index (χ2n) is 3.53. The van der Waals surface area contributed by atoms with Gasteiger partial charge in [-0.1, -0.05) is 23.7 Å². The molecule has 0 radical (unpaired) electrons. The standard InChI is InChI=1S/C13H6BrClF2O/c14-9-5-1-3-7(11(9)15)13(18)8-4-2-6-10(16)12(8)17/h1-6H. The van der Waals surface area contributed by atoms with Gasteiger partial charge < -0.3 is 0 Å². The number of rotatable bonds is 2. The largest absolute Gasteiger partial charge is 0.288 e. The van der Waals surface area contributed by atoms with E-state index < -0.39 is 17.4 Å². The second kappa shape index (κ2) is 5.16. The molecular formula is C13H6BrClF2O. The first kappa shape index (κ1) is 13.2. The van der Waals surface area contributed by atoms with Gasteiger partial charge in [-0.2, -0.15) is 0 Å². The Bertz CT molecular complexity index is 575. The first-order valence-electron chi connectivity index (χ1n) is 4.95. The first-order valence-corrected chi connectivity index (χ1v) is 6.12. The van der Waals surface area contributed by atoms with Crippen LogP contribution in [0.2, 0.25) is 5.02 Å². The Morgan fingerprint density at radius 1 is 1.06 bits per heavy atom. The summed E-state index contributed by atoms with van der Waals surface area (Å²) in [6.45, 7) is 0. The van der Waals surface area contributed by atoms with Crippen LogP contribution >= 0.6 is 27.5 Å². The van der Waals surface area contributed by atoms with Crippen LogP contribution in [0.1, 0.15) is 15.9 Å². The number of hydrogen-bond donors (Lipinski definition) is 0. The quantitative estimate of drug-likeness (QED) is 0.734. The van der Waals surface area contributed by atoms with Crippen LogP contribution in [0.4, 0.5) is 8.78 Å². The molecule has 0 aliphatic rings. The molecule has 0 aliphatic heterocycles. The van der Waals surface area contributed by atoms with Gasteiger partial charge in [0.05, 0.1) is 10.6 Å². The van der Waals surface area contributed by atoms with Crippen LogP contribution in [-0.4, -0.2) is 5.78 Å². The number of hydrogen-bond acceptors (Lipinski definition) is 1. The summed E-state index contributed by atoms with van der Waals surface area (Å²) >= 11 is 9.11. The molecule has 0 amide bonds. The monoisotopic (exact) mass is 330 g/mol. The van der Waals surface area contributed by atoms with Gasteiger partial charge in [0.15, 0.2) is 17.4 Å². The Balaban J connectivity index is 2.55. The third kappa shape index (κ3) is 2.31. The van der Waals surface area contributed by atoms with Gasteiger partial charge in [0.1, 0.15) is 0 Å². The van der Waals surface area contributed by atoms with E-state index in [0.29, 0.717) is 4.47 Å². The molecule has 0 saturated carbocycles. The van der Waals surface area contributed by atoms with Crippen LogP contribution in [0.5, 0.6) is 0 Å². The number of halogens is 4. The maximum absolute atomic E-state index is 13.5. The molecule has 2 aromatic rings. The molecule has 0 N–H and O–H groups in total. The summed E-state index contributed by atoms with van der Waals surface area (Å²) in [7, 11) is 0. The summed E-state index contributed by atoms with van der Waals surface area (Å²) in [5.74, 6) is -2.89. The summed E-state index contributed by atoms with van der Waals surface area (Å²) in [6.07, 6.45) is 0. The van der Waals surface area contributed by atoms with E-state index in [9.17, 15) is 13.6 Å². The van der Waals surface area contributed by atoms with Crippen molar-refractivity contribution < 1.29 is 13.6 Å². The molecule has 0 spiro atoms. The van der Waals surface area contributed by atoms with Crippen LogP contribution in [0.25, 0.3) is 0 Å². The van der Waals surface area contributed by atoms with Gasteiger partial charge in [0.25, 0.3) is 0 Å². The summed E-state index contributed by atoms with van der Waals surface area (Å²) in [6, 6.07) is 8.16. The highest BCUT2D eigenvalue weighted by Gasteiger charge is 2.19. The Morgan fingerprint density at radius 2 is 1.67 bits per heavy atom. The maximum atomic E-state index is 13.5. The predicted molar refractivity (Wildman–Crippen MR) is 68.9 cm³/mol. The minimum absolute atomic E-state index is 0.121. The maximum Gasteiger partial charge on any atom is 0.197 e. The van der Waals surface area contributed by atoms with Crippen molar-refractivity contribution in [1.29, 1.82) is 0 Å². The van der Waals surface area contributed by atoms with E-state index >= 15 is 0 Å². The van der Waals surface area contributed by atoms with Crippen LogP contribution in [0.15, 0.2) is 40.9 Å². The lowest BCUT2D eigenvalue weighted by Gasteiger charge is -2.06. The molecule has 18 heavy (non-hydrogen) atoms. The predicted octanol–water partition coefficient (Wildman–Crippen LogP) is 4.61. The Kier molecular flexibility index (Phi) is 3.78. The van der Waals surface area contributed by atoms with E-state index in [4.69, 9.17) is 11.6 Å². The molecule has 2 aromatic carbocycles. The second-order valence-corrected chi connectivity index (χ2v) is 4.76. The minimum atomic E-state index is -1.17. The lowest BCUT2D eigenvalue weighted by Crippen LogP contribution is -2.06. The lowest BCUT2D eigenvalue weighted by atomic mass is 10.0. The SMILES string of the molecule is O=C(c1cccc(F)c1F)c1cccc(Br)c1Cl. The third-order valence-electron chi connectivity index (χ3n) is 2.39. The topological polar surface area (TPSA) is 17.1 Å². The minimum Gasteiger partial charge on any atom is -0.288 e. The molecule has 0 saturated heterocycles. The van der Waals surface area contributed by atoms with Crippen molar-refractivity contribution in [2.24, 2.45) is 0 Å². The fraction of sp³-hybridized carbons (Fsp3) is 0. The molecule has 5 heteroatoms. The number of carbonyl (C=O) groups is 1. The molecule has 0 aromatic heterocycles. The Morgan fingerprint density at radius 3 is 2.39 bits per heavy atom. The molecule has 0 atom stereocenters. The number of carbonyl (C=O) groups excluding carboxylic acids is 1. The number of ketones is 1. The summed E-state index contributed by atoms with van der Waals surface area (Å²) < 4.78 is 27.1. The molecule has 0 unspecified atom stereocenters. The van der Waals surface area contributed by atoms with Crippen molar-refractivity contribution in [2.45, 2.75) is 0 Å². The van der Waals surface area contributed by atoms with Gasteiger partial charge in [-0.05, 0) is 40.2 Å². The van der Waals surface area contributed by atoms with Crippen molar-refractivity contribution in [3.63, 3.8) is 0 Å². The van der Waals surface area contributed by atoms with E-state index in [-0.39, 0.29) is 16.1 Å². The van der Waals surface area contributed by atoms with Crippen molar-refractivity contribution in [3.05, 3.63) is 68.7 Å². The molecule has 0 heterocycles. The fourth-order valence-corrected chi connectivity index (χ4v) is 2.08. The molecule has 1 nitrogen and oxygen atoms in total. The summed E-state index contributed by atoms with van der Waals surface area (Å²) in [5.41, 5.74) is -0.217. The van der Waals surface area contributed by atoms with Gasteiger partial charge in [0.2, 0.25) is 0 Å². The molecule has 0 fully saturated rings. The van der Waals surface area contributed by atoms with Gasteiger partial charge in [-0.25, -0.2) is 8.78 Å². The third-order valence-corrected chi connectivity index (χ3v) is 3.69. The van der Waals surface area contributed by atoms with Crippen molar-refractivity contribution >= 4 is 33.3 Å². The van der Waals surface area contributed by atoms with Crippen LogP contribution in [0, 0.1) is 11.6 Å². The van der Waals surface area contributed by atoms with Crippen LogP contribution in [0.3, 0.4) is 0 Å². The molecular weight excluding hydrogens is 325 g/mol. The Hall–Kier alpha value is -1.26. The summed E-state index contributed by atoms with van der Waals surface area (Å²) in [4.78, 5) is 12.1. The van der Waals surface area contributed by atoms with E-state index in [1.165, 1.54) is 18.2 Å². The zero-order chi connectivity index (χ0) is 13.3. The van der Waals surface area contributed by atoms with E-state index in [1.807, 2.05) is 0 Å². The van der Waals surface area contributed by atoms with Crippen LogP contribution < -0.4 is 0 Å². The molecule has 0 bridgehead atoms. The van der Waals surface area contributed by atoms with E-state index in [2.05, 4.69) is 15.9 Å². The normalized spacial score (nSPS) is 10.4. The molecule has 92 valence electrons. The van der Waals surface area contributed by atoms with E-state index in [1.54, 1.807) is 12.1 Å². The zero-order valence-corrected chi connectivity index (χ0v) is 11.2. The lowest BCUT2D eigenvalue weighted by molar-refractivity contribution is 0.103. The highest BCUT2D eigenvalue weighted by molar-refractivity contribution is 9.10. The highest BCUT2D eigenvalue weighted by Crippen LogP contribution is 2.28. The van der Waals surface area contributed by atoms with Crippen LogP contribution in [-0.2, 0) is 0 Å². The van der Waals surface area contributed by atoms with Gasteiger partial charge in [-0.15, -0.1) is 0 Å². The highest BCUT2D eigenvalue weighted by atomic mass is 79.9. The molecule has 0 aliphatic carbocycles. The van der Waals surface area contributed by atoms with Crippen molar-refractivity contribution in [3.8, 4) is 0 Å². The average Bonchev–Trinajstić information content (AvgIpc) is 2.35. The fourth-order valence-electron chi connectivity index (χ4n) is 1.50.